The topological polar surface area (TPSA) is 115 Å². The molecule has 4 rings (SSSR count). The number of hydrogen-bond donors (Lipinski definition) is 3. The molecule has 4 saturated carbocycles. The predicted molar refractivity (Wildman–Crippen MR) is 105 cm³/mol. The summed E-state index contributed by atoms with van der Waals surface area (Å²) in [6.45, 7) is 9.14. The van der Waals surface area contributed by atoms with E-state index in [1.54, 1.807) is 0 Å². The molecule has 30 heavy (non-hydrogen) atoms. The van der Waals surface area contributed by atoms with Crippen LogP contribution in [0.2, 0.25) is 0 Å². The van der Waals surface area contributed by atoms with Crippen LogP contribution in [0.1, 0.15) is 72.1 Å². The molecule has 0 aromatic rings. The van der Waals surface area contributed by atoms with Crippen LogP contribution in [0.3, 0.4) is 0 Å². The minimum atomic E-state index is -1.58. The van der Waals surface area contributed by atoms with Crippen molar-refractivity contribution in [3.8, 4) is 0 Å². The molecule has 2 bridgehead atoms. The van der Waals surface area contributed by atoms with Crippen LogP contribution in [-0.4, -0.2) is 33.8 Å². The maximum Gasteiger partial charge on any atom is 0.348 e. The molecular formula is C22H34O8. The predicted octanol–water partition coefficient (Wildman–Crippen LogP) is 4.62. The van der Waals surface area contributed by atoms with Crippen LogP contribution in [0.4, 0.5) is 0 Å². The lowest BCUT2D eigenvalue weighted by atomic mass is 9.39. The highest BCUT2D eigenvalue weighted by Gasteiger charge is 2.71. The van der Waals surface area contributed by atoms with E-state index in [2.05, 4.69) is 35.1 Å². The fraction of sp³-hybridized carbons (Fsp3) is 0.864. The summed E-state index contributed by atoms with van der Waals surface area (Å²) >= 11 is 0. The van der Waals surface area contributed by atoms with Crippen molar-refractivity contribution in [2.45, 2.75) is 84.2 Å². The van der Waals surface area contributed by atoms with E-state index in [1.165, 1.54) is 0 Å². The molecular weight excluding hydrogens is 392 g/mol. The molecule has 0 saturated heterocycles. The summed E-state index contributed by atoms with van der Waals surface area (Å²) in [6, 6.07) is 0. The van der Waals surface area contributed by atoms with Gasteiger partial charge in [-0.1, -0.05) is 26.8 Å². The zero-order valence-electron chi connectivity index (χ0n) is 18.1. The molecule has 0 aliphatic heterocycles. The summed E-state index contributed by atoms with van der Waals surface area (Å²) in [5, 5.41) is 27.2. The Bertz CT molecular complexity index is 722. The van der Waals surface area contributed by atoms with E-state index in [0.717, 1.165) is 50.5 Å². The van der Waals surface area contributed by atoms with Gasteiger partial charge in [0.1, 0.15) is 0 Å². The van der Waals surface area contributed by atoms with Gasteiger partial charge in [0.2, 0.25) is 0 Å². The molecule has 0 heterocycles. The Kier molecular flexibility index (Phi) is 5.36. The van der Waals surface area contributed by atoms with Gasteiger partial charge in [-0.15, -0.1) is 0 Å². The lowest BCUT2D eigenvalue weighted by molar-refractivity contribution is -0.512. The molecule has 8 heteroatoms. The van der Waals surface area contributed by atoms with Crippen LogP contribution in [0.5, 0.6) is 0 Å². The molecule has 7 atom stereocenters. The van der Waals surface area contributed by atoms with Gasteiger partial charge in [-0.25, -0.2) is 15.3 Å². The highest BCUT2D eigenvalue weighted by Crippen LogP contribution is 2.75. The fourth-order valence-corrected chi connectivity index (χ4v) is 8.62. The molecule has 0 radical (unpaired) electrons. The molecule has 8 nitrogen and oxygen atoms in total. The second-order valence-electron chi connectivity index (χ2n) is 10.6. The van der Waals surface area contributed by atoms with Crippen molar-refractivity contribution < 1.29 is 40.0 Å². The first-order valence-electron chi connectivity index (χ1n) is 11.0. The van der Waals surface area contributed by atoms with Crippen molar-refractivity contribution in [2.75, 3.05) is 0 Å². The number of hydrogen-bond acceptors (Lipinski definition) is 8. The molecule has 3 N–H and O–H groups in total. The van der Waals surface area contributed by atoms with E-state index in [4.69, 9.17) is 20.5 Å². The average Bonchev–Trinajstić information content (AvgIpc) is 2.84. The van der Waals surface area contributed by atoms with Gasteiger partial charge in [0.15, 0.2) is 0 Å². The van der Waals surface area contributed by atoms with Gasteiger partial charge < -0.3 is 9.62 Å². The van der Waals surface area contributed by atoms with Crippen molar-refractivity contribution in [3.63, 3.8) is 0 Å². The SMILES string of the molecule is C=C1CC23CCC4[C@](C)(C(=O)OO)CCC[C@@]4(C)[C@@H]2CC[C@]1(OC(OO)OO)[C@@H]3C. The van der Waals surface area contributed by atoms with Gasteiger partial charge in [0.05, 0.1) is 11.0 Å². The molecule has 0 aromatic heterocycles. The summed E-state index contributed by atoms with van der Waals surface area (Å²) in [7, 11) is 0. The van der Waals surface area contributed by atoms with Crippen molar-refractivity contribution in [3.05, 3.63) is 12.2 Å². The normalized spacial score (nSPS) is 47.7. The van der Waals surface area contributed by atoms with E-state index >= 15 is 0 Å². The molecule has 4 aliphatic rings. The van der Waals surface area contributed by atoms with E-state index in [-0.39, 0.29) is 22.7 Å². The largest absolute Gasteiger partial charge is 0.348 e. The van der Waals surface area contributed by atoms with Gasteiger partial charge in [-0.05, 0) is 86.0 Å². The third kappa shape index (κ3) is 2.64. The van der Waals surface area contributed by atoms with Crippen LogP contribution in [0, 0.1) is 34.0 Å². The number of ether oxygens (including phenoxy) is 1. The number of fused-ring (bicyclic) bond motifs is 3. The van der Waals surface area contributed by atoms with Gasteiger partial charge in [-0.3, -0.25) is 0 Å². The Morgan fingerprint density at radius 2 is 1.73 bits per heavy atom. The minimum absolute atomic E-state index is 0.0442. The monoisotopic (exact) mass is 426 g/mol. The van der Waals surface area contributed by atoms with E-state index in [0.29, 0.717) is 12.3 Å². The number of carbonyl (C=O) groups excluding carboxylic acids is 1. The molecule has 0 aromatic carbocycles. The van der Waals surface area contributed by atoms with Gasteiger partial charge >= 0.3 is 12.4 Å². The van der Waals surface area contributed by atoms with Crippen LogP contribution in [0.15, 0.2) is 12.2 Å². The van der Waals surface area contributed by atoms with E-state index in [9.17, 15) is 4.79 Å². The third-order valence-electron chi connectivity index (χ3n) is 9.90. The maximum atomic E-state index is 12.6. The summed E-state index contributed by atoms with van der Waals surface area (Å²) < 4.78 is 5.95. The van der Waals surface area contributed by atoms with Gasteiger partial charge in [0.25, 0.3) is 0 Å². The smallest absolute Gasteiger partial charge is 0.315 e. The lowest BCUT2D eigenvalue weighted by Crippen LogP contribution is -2.62. The lowest BCUT2D eigenvalue weighted by Gasteiger charge is -2.65. The molecule has 4 fully saturated rings. The summed E-state index contributed by atoms with van der Waals surface area (Å²) in [5.41, 5.74) is -0.597. The Morgan fingerprint density at radius 1 is 1.07 bits per heavy atom. The molecule has 1 spiro atoms. The van der Waals surface area contributed by atoms with Gasteiger partial charge in [0, 0.05) is 0 Å². The Morgan fingerprint density at radius 3 is 2.37 bits per heavy atom. The number of carbonyl (C=O) groups is 1. The Labute approximate surface area is 176 Å². The van der Waals surface area contributed by atoms with E-state index in [1.807, 2.05) is 6.92 Å². The van der Waals surface area contributed by atoms with Crippen molar-refractivity contribution in [2.24, 2.45) is 34.0 Å². The van der Waals surface area contributed by atoms with Crippen LogP contribution >= 0.6 is 0 Å². The minimum Gasteiger partial charge on any atom is -0.315 e. The quantitative estimate of drug-likeness (QED) is 0.252. The van der Waals surface area contributed by atoms with E-state index < -0.39 is 23.5 Å². The first kappa shape index (κ1) is 22.2. The van der Waals surface area contributed by atoms with Crippen molar-refractivity contribution >= 4 is 5.97 Å². The molecule has 0 amide bonds. The third-order valence-corrected chi connectivity index (χ3v) is 9.90. The Hall–Kier alpha value is -1.03. The molecule has 2 unspecified atom stereocenters. The second-order valence-corrected chi connectivity index (χ2v) is 10.6. The second kappa shape index (κ2) is 7.25. The van der Waals surface area contributed by atoms with Crippen LogP contribution in [-0.2, 0) is 24.2 Å². The zero-order chi connectivity index (χ0) is 21.9. The molecule has 4 aliphatic carbocycles. The van der Waals surface area contributed by atoms with Crippen LogP contribution in [0.25, 0.3) is 0 Å². The first-order valence-corrected chi connectivity index (χ1v) is 11.0. The summed E-state index contributed by atoms with van der Waals surface area (Å²) in [4.78, 5) is 25.1. The zero-order valence-corrected chi connectivity index (χ0v) is 18.1. The number of rotatable bonds is 5. The van der Waals surface area contributed by atoms with Crippen molar-refractivity contribution in [1.29, 1.82) is 0 Å². The van der Waals surface area contributed by atoms with Gasteiger partial charge in [-0.2, -0.15) is 15.0 Å². The van der Waals surface area contributed by atoms with Crippen molar-refractivity contribution in [1.82, 2.24) is 0 Å². The standard InChI is InChI=1S/C22H34O8/c1-13-12-21-10-6-15-19(3,8-5-9-20(15,4)17(23)28-24)16(21)7-11-22(13,14(21)2)27-18(29-25)30-26/h14-16,18,24-26H,1,5-12H2,2-4H3/t14-,15?,16+,19-,20-,21?,22-/m1/s1. The first-order chi connectivity index (χ1) is 14.1. The highest BCUT2D eigenvalue weighted by atomic mass is 17.3. The summed E-state index contributed by atoms with van der Waals surface area (Å²) in [6.07, 6.45) is 6.81. The van der Waals surface area contributed by atoms with Crippen LogP contribution < -0.4 is 0 Å². The maximum absolute atomic E-state index is 12.6. The molecule has 170 valence electrons. The highest BCUT2D eigenvalue weighted by molar-refractivity contribution is 5.76. The summed E-state index contributed by atoms with van der Waals surface area (Å²) in [5.74, 6) is 0.0665. The Balaban J connectivity index is 1.71. The fourth-order valence-electron chi connectivity index (χ4n) is 8.62. The average molecular weight is 427 g/mol.